The molecule has 4 amide bonds. The zero-order valence-electron chi connectivity index (χ0n) is 17.0. The van der Waals surface area contributed by atoms with Gasteiger partial charge in [0, 0.05) is 30.6 Å². The zero-order chi connectivity index (χ0) is 21.7. The number of rotatable bonds is 5. The number of piperidine rings is 1. The van der Waals surface area contributed by atoms with Crippen LogP contribution in [0.15, 0.2) is 23.1 Å². The van der Waals surface area contributed by atoms with Gasteiger partial charge in [-0.05, 0) is 57.2 Å². The van der Waals surface area contributed by atoms with E-state index in [9.17, 15) is 22.8 Å². The molecule has 0 bridgehead atoms. The SMILES string of the molecule is Cc1ccc(S(=O)(=O)NC2CC2)cc1C(=O)N1CCC[C@H]([C@]2(C)NC(=O)NC2=O)C1. The number of likely N-dealkylation sites (tertiary alicyclic amines) is 1. The van der Waals surface area contributed by atoms with E-state index in [-0.39, 0.29) is 28.7 Å². The van der Waals surface area contributed by atoms with Crippen LogP contribution in [0.4, 0.5) is 4.79 Å². The maximum Gasteiger partial charge on any atom is 0.322 e. The third-order valence-corrected chi connectivity index (χ3v) is 7.76. The van der Waals surface area contributed by atoms with Gasteiger partial charge in [0.2, 0.25) is 10.0 Å². The summed E-state index contributed by atoms with van der Waals surface area (Å²) in [5.41, 5.74) is -0.0465. The molecule has 10 heteroatoms. The van der Waals surface area contributed by atoms with Gasteiger partial charge >= 0.3 is 6.03 Å². The van der Waals surface area contributed by atoms with Gasteiger partial charge in [-0.1, -0.05) is 6.07 Å². The van der Waals surface area contributed by atoms with Crippen molar-refractivity contribution in [2.45, 2.75) is 56.0 Å². The highest BCUT2D eigenvalue weighted by Crippen LogP contribution is 2.31. The molecule has 1 aromatic rings. The van der Waals surface area contributed by atoms with Crippen LogP contribution in [0.1, 0.15) is 48.5 Å². The monoisotopic (exact) mass is 434 g/mol. The van der Waals surface area contributed by atoms with Crippen molar-refractivity contribution in [3.8, 4) is 0 Å². The average molecular weight is 435 g/mol. The van der Waals surface area contributed by atoms with Crippen molar-refractivity contribution in [1.29, 1.82) is 0 Å². The van der Waals surface area contributed by atoms with Gasteiger partial charge in [0.05, 0.1) is 4.90 Å². The summed E-state index contributed by atoms with van der Waals surface area (Å²) in [6.45, 7) is 4.26. The Morgan fingerprint density at radius 1 is 1.23 bits per heavy atom. The minimum absolute atomic E-state index is 0.0215. The summed E-state index contributed by atoms with van der Waals surface area (Å²) in [5.74, 6) is -0.887. The van der Waals surface area contributed by atoms with Crippen molar-refractivity contribution in [1.82, 2.24) is 20.3 Å². The Bertz CT molecular complexity index is 1020. The minimum atomic E-state index is -3.67. The predicted octanol–water partition coefficient (Wildman–Crippen LogP) is 0.886. The van der Waals surface area contributed by atoms with Crippen LogP contribution < -0.4 is 15.4 Å². The summed E-state index contributed by atoms with van der Waals surface area (Å²) in [6.07, 6.45) is 3.05. The van der Waals surface area contributed by atoms with Crippen LogP contribution in [0, 0.1) is 12.8 Å². The Morgan fingerprint density at radius 2 is 1.97 bits per heavy atom. The normalized spacial score (nSPS) is 27.0. The van der Waals surface area contributed by atoms with Gasteiger partial charge in [-0.3, -0.25) is 14.9 Å². The molecule has 3 N–H and O–H groups in total. The van der Waals surface area contributed by atoms with Gasteiger partial charge in [-0.25, -0.2) is 17.9 Å². The number of imide groups is 1. The lowest BCUT2D eigenvalue weighted by atomic mass is 9.80. The quantitative estimate of drug-likeness (QED) is 0.594. The Hall–Kier alpha value is -2.46. The van der Waals surface area contributed by atoms with Crippen LogP contribution in [-0.4, -0.2) is 55.8 Å². The fourth-order valence-electron chi connectivity index (χ4n) is 4.13. The lowest BCUT2D eigenvalue weighted by Crippen LogP contribution is -2.56. The van der Waals surface area contributed by atoms with Crippen LogP contribution in [0.3, 0.4) is 0 Å². The molecule has 3 fully saturated rings. The molecule has 2 heterocycles. The Labute approximate surface area is 175 Å². The van der Waals surface area contributed by atoms with Gasteiger partial charge in [0.15, 0.2) is 0 Å². The molecule has 4 rings (SSSR count). The molecule has 1 aromatic carbocycles. The van der Waals surface area contributed by atoms with Crippen molar-refractivity contribution in [3.05, 3.63) is 29.3 Å². The zero-order valence-corrected chi connectivity index (χ0v) is 17.8. The predicted molar refractivity (Wildman–Crippen MR) is 108 cm³/mol. The number of nitrogens with one attached hydrogen (secondary N) is 3. The standard InChI is InChI=1S/C20H26N4O5S/c1-12-5-8-15(30(28,29)23-14-6-7-14)10-16(12)17(25)24-9-3-4-13(11-24)20(2)18(26)21-19(27)22-20/h5,8,10,13-14,23H,3-4,6-7,9,11H2,1-2H3,(H2,21,22,26,27)/t13-,20-/m0/s1. The van der Waals surface area contributed by atoms with Crippen molar-refractivity contribution < 1.29 is 22.8 Å². The second-order valence-corrected chi connectivity index (χ2v) is 10.3. The molecule has 9 nitrogen and oxygen atoms in total. The number of urea groups is 1. The molecule has 0 unspecified atom stereocenters. The molecule has 162 valence electrons. The van der Waals surface area contributed by atoms with E-state index in [1.807, 2.05) is 0 Å². The van der Waals surface area contributed by atoms with Crippen LogP contribution in [-0.2, 0) is 14.8 Å². The average Bonchev–Trinajstić information content (AvgIpc) is 3.45. The molecule has 30 heavy (non-hydrogen) atoms. The first-order valence-corrected chi connectivity index (χ1v) is 11.6. The topological polar surface area (TPSA) is 125 Å². The van der Waals surface area contributed by atoms with Gasteiger partial charge in [-0.2, -0.15) is 0 Å². The highest BCUT2D eigenvalue weighted by atomic mass is 32.2. The first-order valence-electron chi connectivity index (χ1n) is 10.2. The molecule has 0 spiro atoms. The number of amides is 4. The Kier molecular flexibility index (Phi) is 5.09. The number of benzene rings is 1. The number of carbonyl (C=O) groups is 3. The van der Waals surface area contributed by atoms with Gasteiger partial charge in [0.1, 0.15) is 5.54 Å². The van der Waals surface area contributed by atoms with E-state index < -0.39 is 21.6 Å². The molecule has 1 aliphatic carbocycles. The summed E-state index contributed by atoms with van der Waals surface area (Å²) < 4.78 is 27.8. The summed E-state index contributed by atoms with van der Waals surface area (Å²) in [7, 11) is -3.67. The second kappa shape index (κ2) is 7.35. The van der Waals surface area contributed by atoms with Crippen molar-refractivity contribution in [2.75, 3.05) is 13.1 Å². The first-order chi connectivity index (χ1) is 14.1. The number of hydrogen-bond acceptors (Lipinski definition) is 5. The number of carbonyl (C=O) groups excluding carboxylic acids is 3. The number of aryl methyl sites for hydroxylation is 1. The van der Waals surface area contributed by atoms with E-state index in [1.165, 1.54) is 12.1 Å². The minimum Gasteiger partial charge on any atom is -0.338 e. The van der Waals surface area contributed by atoms with Crippen molar-refractivity contribution in [2.24, 2.45) is 5.92 Å². The molecule has 0 aromatic heterocycles. The smallest absolute Gasteiger partial charge is 0.322 e. The van der Waals surface area contributed by atoms with Gasteiger partial charge in [0.25, 0.3) is 11.8 Å². The summed E-state index contributed by atoms with van der Waals surface area (Å²) >= 11 is 0. The van der Waals surface area contributed by atoms with E-state index in [4.69, 9.17) is 0 Å². The largest absolute Gasteiger partial charge is 0.338 e. The van der Waals surface area contributed by atoms with Gasteiger partial charge < -0.3 is 10.2 Å². The van der Waals surface area contributed by atoms with Crippen LogP contribution in [0.25, 0.3) is 0 Å². The molecule has 2 saturated heterocycles. The molecular weight excluding hydrogens is 408 g/mol. The molecular formula is C20H26N4O5S. The third-order valence-electron chi connectivity index (χ3n) is 6.25. The van der Waals surface area contributed by atoms with E-state index in [0.717, 1.165) is 12.8 Å². The fourth-order valence-corrected chi connectivity index (χ4v) is 5.47. The molecule has 1 saturated carbocycles. The van der Waals surface area contributed by atoms with Crippen molar-refractivity contribution in [3.63, 3.8) is 0 Å². The fraction of sp³-hybridized carbons (Fsp3) is 0.550. The van der Waals surface area contributed by atoms with Gasteiger partial charge in [-0.15, -0.1) is 0 Å². The maximum absolute atomic E-state index is 13.3. The third kappa shape index (κ3) is 3.81. The van der Waals surface area contributed by atoms with Crippen LogP contribution in [0.5, 0.6) is 0 Å². The molecule has 2 aliphatic heterocycles. The molecule has 0 radical (unpaired) electrons. The summed E-state index contributed by atoms with van der Waals surface area (Å²) in [4.78, 5) is 38.9. The number of sulfonamides is 1. The highest BCUT2D eigenvalue weighted by Gasteiger charge is 2.49. The van der Waals surface area contributed by atoms with Crippen LogP contribution >= 0.6 is 0 Å². The van der Waals surface area contributed by atoms with E-state index in [2.05, 4.69) is 15.4 Å². The number of nitrogens with zero attached hydrogens (tertiary/aromatic N) is 1. The summed E-state index contributed by atoms with van der Waals surface area (Å²) in [6, 6.07) is 4.03. The maximum atomic E-state index is 13.3. The van der Waals surface area contributed by atoms with E-state index >= 15 is 0 Å². The highest BCUT2D eigenvalue weighted by molar-refractivity contribution is 7.89. The molecule has 3 aliphatic rings. The van der Waals surface area contributed by atoms with E-state index in [0.29, 0.717) is 37.1 Å². The summed E-state index contributed by atoms with van der Waals surface area (Å²) in [5, 5.41) is 4.96. The Morgan fingerprint density at radius 3 is 2.60 bits per heavy atom. The lowest BCUT2D eigenvalue weighted by Gasteiger charge is -2.39. The molecule has 2 atom stereocenters. The van der Waals surface area contributed by atoms with Crippen LogP contribution in [0.2, 0.25) is 0 Å². The lowest BCUT2D eigenvalue weighted by molar-refractivity contribution is -0.125. The number of hydrogen-bond donors (Lipinski definition) is 3. The van der Waals surface area contributed by atoms with E-state index in [1.54, 1.807) is 24.8 Å². The first kappa shape index (κ1) is 20.8. The van der Waals surface area contributed by atoms with Crippen molar-refractivity contribution >= 4 is 27.9 Å². The second-order valence-electron chi connectivity index (χ2n) is 8.57. The Balaban J connectivity index is 1.56.